The third-order valence-corrected chi connectivity index (χ3v) is 10.8. The molecule has 0 radical (unpaired) electrons. The van der Waals surface area contributed by atoms with Crippen molar-refractivity contribution in [3.8, 4) is 0 Å². The van der Waals surface area contributed by atoms with Crippen LogP contribution in [0.1, 0.15) is 92.2 Å². The molecule has 37 heavy (non-hydrogen) atoms. The number of rotatable bonds is 3. The summed E-state index contributed by atoms with van der Waals surface area (Å²) >= 11 is 0. The molecule has 0 bridgehead atoms. The van der Waals surface area contributed by atoms with E-state index in [0.29, 0.717) is 6.42 Å². The predicted octanol–water partition coefficient (Wildman–Crippen LogP) is 5.94. The van der Waals surface area contributed by atoms with Gasteiger partial charge in [-0.05, 0) is 61.0 Å². The molecule has 1 aromatic heterocycles. The topological polar surface area (TPSA) is 92.0 Å². The van der Waals surface area contributed by atoms with Gasteiger partial charge in [-0.25, -0.2) is 4.79 Å². The zero-order valence-corrected chi connectivity index (χ0v) is 23.1. The molecular weight excluding hydrogens is 472 g/mol. The van der Waals surface area contributed by atoms with Crippen LogP contribution in [0.15, 0.2) is 34.7 Å². The molecule has 7 heteroatoms. The van der Waals surface area contributed by atoms with Crippen molar-refractivity contribution in [3.05, 3.63) is 35.8 Å². The number of carbonyl (C=O) groups is 3. The Morgan fingerprint density at radius 3 is 2.24 bits per heavy atom. The Morgan fingerprint density at radius 1 is 0.946 bits per heavy atom. The SMILES string of the molecule is CC(=O)O[C@H]1CC[C@@]2(C)C(C[C@@H](OC(C)=O)[C@@]3(C)C4=CC(=O)O[C@@H](c5ccoc5)[C@]4(C)CCC23)C1(C)C. The second-order valence-electron chi connectivity index (χ2n) is 13.1. The molecule has 3 saturated carbocycles. The first kappa shape index (κ1) is 26.1. The van der Waals surface area contributed by atoms with Gasteiger partial charge in [0, 0.05) is 41.7 Å². The lowest BCUT2D eigenvalue weighted by Gasteiger charge is -2.69. The number of carbonyl (C=O) groups excluding carboxylic acids is 3. The highest BCUT2D eigenvalue weighted by atomic mass is 16.6. The molecule has 4 aliphatic rings. The molecule has 0 saturated heterocycles. The van der Waals surface area contributed by atoms with Crippen molar-refractivity contribution in [2.45, 2.75) is 98.9 Å². The Balaban J connectivity index is 1.63. The number of hydrogen-bond acceptors (Lipinski definition) is 7. The van der Waals surface area contributed by atoms with Gasteiger partial charge in [-0.1, -0.05) is 34.6 Å². The molecule has 0 spiro atoms. The zero-order chi connectivity index (χ0) is 27.0. The number of hydrogen-bond donors (Lipinski definition) is 0. The molecule has 0 N–H and O–H groups in total. The van der Waals surface area contributed by atoms with Crippen molar-refractivity contribution in [1.82, 2.24) is 0 Å². The van der Waals surface area contributed by atoms with Gasteiger partial charge in [0.2, 0.25) is 0 Å². The minimum Gasteiger partial charge on any atom is -0.472 e. The highest BCUT2D eigenvalue weighted by molar-refractivity contribution is 5.85. The van der Waals surface area contributed by atoms with Crippen LogP contribution in [0.25, 0.3) is 0 Å². The first-order valence-electron chi connectivity index (χ1n) is 13.5. The lowest BCUT2D eigenvalue weighted by Crippen LogP contribution is -2.67. The maximum Gasteiger partial charge on any atom is 0.331 e. The third kappa shape index (κ3) is 3.70. The van der Waals surface area contributed by atoms with Crippen LogP contribution in [0.3, 0.4) is 0 Å². The number of cyclic esters (lactones) is 1. The Morgan fingerprint density at radius 2 is 1.62 bits per heavy atom. The first-order chi connectivity index (χ1) is 17.2. The number of esters is 3. The molecule has 7 nitrogen and oxygen atoms in total. The lowest BCUT2D eigenvalue weighted by atomic mass is 9.36. The fraction of sp³-hybridized carbons (Fsp3) is 0.700. The van der Waals surface area contributed by atoms with Gasteiger partial charge in [-0.3, -0.25) is 9.59 Å². The van der Waals surface area contributed by atoms with Crippen LogP contribution in [-0.2, 0) is 28.6 Å². The molecule has 3 fully saturated rings. The number of furan rings is 1. The molecule has 3 aliphatic carbocycles. The summed E-state index contributed by atoms with van der Waals surface area (Å²) in [5, 5.41) is 0. The minimum absolute atomic E-state index is 0.0831. The summed E-state index contributed by atoms with van der Waals surface area (Å²) in [6.45, 7) is 14.0. The van der Waals surface area contributed by atoms with Crippen LogP contribution < -0.4 is 0 Å². The van der Waals surface area contributed by atoms with E-state index in [9.17, 15) is 14.4 Å². The van der Waals surface area contributed by atoms with Crippen molar-refractivity contribution in [2.75, 3.05) is 0 Å². The zero-order valence-electron chi connectivity index (χ0n) is 23.1. The van der Waals surface area contributed by atoms with E-state index in [0.717, 1.165) is 36.8 Å². The third-order valence-electron chi connectivity index (χ3n) is 10.8. The molecule has 0 amide bonds. The van der Waals surface area contributed by atoms with Crippen LogP contribution in [0.2, 0.25) is 0 Å². The summed E-state index contributed by atoms with van der Waals surface area (Å²) in [6.07, 6.45) is 7.98. The van der Waals surface area contributed by atoms with Gasteiger partial charge in [0.15, 0.2) is 0 Å². The lowest BCUT2D eigenvalue weighted by molar-refractivity contribution is -0.230. The Hall–Kier alpha value is -2.57. The van der Waals surface area contributed by atoms with Crippen LogP contribution in [0.5, 0.6) is 0 Å². The summed E-state index contributed by atoms with van der Waals surface area (Å²) in [5.74, 6) is -0.602. The van der Waals surface area contributed by atoms with Crippen LogP contribution >= 0.6 is 0 Å². The molecule has 5 rings (SSSR count). The minimum atomic E-state index is -0.546. The van der Waals surface area contributed by atoms with Gasteiger partial charge in [0.1, 0.15) is 18.3 Å². The molecule has 1 aromatic rings. The predicted molar refractivity (Wildman–Crippen MR) is 135 cm³/mol. The molecule has 8 atom stereocenters. The molecule has 1 aliphatic heterocycles. The summed E-state index contributed by atoms with van der Waals surface area (Å²) in [5.41, 5.74) is 0.489. The molecule has 202 valence electrons. The number of ether oxygens (including phenoxy) is 3. The second kappa shape index (κ2) is 8.47. The largest absolute Gasteiger partial charge is 0.472 e. The van der Waals surface area contributed by atoms with E-state index in [2.05, 4.69) is 34.6 Å². The Bertz CT molecular complexity index is 1130. The van der Waals surface area contributed by atoms with E-state index in [4.69, 9.17) is 18.6 Å². The highest BCUT2D eigenvalue weighted by Gasteiger charge is 2.70. The van der Waals surface area contributed by atoms with Gasteiger partial charge in [-0.15, -0.1) is 0 Å². The van der Waals surface area contributed by atoms with Gasteiger partial charge in [0.25, 0.3) is 0 Å². The van der Waals surface area contributed by atoms with Crippen LogP contribution in [0, 0.1) is 33.5 Å². The van der Waals surface area contributed by atoms with Crippen LogP contribution in [-0.4, -0.2) is 30.1 Å². The smallest absolute Gasteiger partial charge is 0.331 e. The monoisotopic (exact) mass is 512 g/mol. The summed E-state index contributed by atoms with van der Waals surface area (Å²) in [4.78, 5) is 37.4. The first-order valence-corrected chi connectivity index (χ1v) is 13.5. The normalized spacial score (nSPS) is 42.3. The van der Waals surface area contributed by atoms with E-state index in [-0.39, 0.29) is 46.7 Å². The Labute approximate surface area is 219 Å². The standard InChI is InChI=1S/C30H40O7/c1-17(31)35-23-9-12-28(5)20-8-11-29(6)22(15-25(33)37-26(29)19-10-13-34-16-19)30(20,7)24(36-18(2)32)14-21(28)27(23,3)4/h10,13,15-16,20-21,23-24,26H,8-9,11-12,14H2,1-7H3/t20?,21?,23-,24+,26-,28+,29+,30+/m0/s1. The van der Waals surface area contributed by atoms with E-state index in [1.165, 1.54) is 13.8 Å². The quantitative estimate of drug-likeness (QED) is 0.366. The highest BCUT2D eigenvalue weighted by Crippen LogP contribution is 2.73. The molecule has 0 aromatic carbocycles. The van der Waals surface area contributed by atoms with E-state index in [1.54, 1.807) is 18.6 Å². The van der Waals surface area contributed by atoms with E-state index in [1.807, 2.05) is 6.07 Å². The summed E-state index contributed by atoms with van der Waals surface area (Å²) < 4.78 is 23.3. The van der Waals surface area contributed by atoms with E-state index >= 15 is 0 Å². The van der Waals surface area contributed by atoms with Crippen molar-refractivity contribution >= 4 is 17.9 Å². The maximum absolute atomic E-state index is 13.0. The molecular formula is C30H40O7. The van der Waals surface area contributed by atoms with Crippen molar-refractivity contribution in [3.63, 3.8) is 0 Å². The Kier molecular flexibility index (Phi) is 5.96. The average molecular weight is 513 g/mol. The average Bonchev–Trinajstić information content (AvgIpc) is 3.32. The van der Waals surface area contributed by atoms with Crippen molar-refractivity contribution in [2.24, 2.45) is 33.5 Å². The molecule has 2 unspecified atom stereocenters. The van der Waals surface area contributed by atoms with Gasteiger partial charge < -0.3 is 18.6 Å². The van der Waals surface area contributed by atoms with Gasteiger partial charge in [0.05, 0.1) is 12.5 Å². The fourth-order valence-corrected chi connectivity index (χ4v) is 9.24. The summed E-state index contributed by atoms with van der Waals surface area (Å²) in [7, 11) is 0. The van der Waals surface area contributed by atoms with Crippen molar-refractivity contribution < 1.29 is 33.0 Å². The van der Waals surface area contributed by atoms with E-state index < -0.39 is 23.0 Å². The fourth-order valence-electron chi connectivity index (χ4n) is 9.24. The van der Waals surface area contributed by atoms with Crippen molar-refractivity contribution in [1.29, 1.82) is 0 Å². The van der Waals surface area contributed by atoms with Gasteiger partial charge >= 0.3 is 17.9 Å². The number of fused-ring (bicyclic) bond motifs is 5. The van der Waals surface area contributed by atoms with Crippen LogP contribution in [0.4, 0.5) is 0 Å². The van der Waals surface area contributed by atoms with Gasteiger partial charge in [-0.2, -0.15) is 0 Å². The molecule has 2 heterocycles. The second-order valence-corrected chi connectivity index (χ2v) is 13.1. The summed E-state index contributed by atoms with van der Waals surface area (Å²) in [6, 6.07) is 1.86. The maximum atomic E-state index is 13.0.